The fourth-order valence-electron chi connectivity index (χ4n) is 7.15. The first-order valence-electron chi connectivity index (χ1n) is 15.9. The van der Waals surface area contributed by atoms with Crippen LogP contribution in [0.25, 0.3) is 33.4 Å². The second kappa shape index (κ2) is 12.2. The third-order valence-corrected chi connectivity index (χ3v) is 9.43. The van der Waals surface area contributed by atoms with Gasteiger partial charge >= 0.3 is 0 Å². The van der Waals surface area contributed by atoms with Crippen molar-refractivity contribution >= 4 is 0 Å². The minimum absolute atomic E-state index is 0.0209. The van der Waals surface area contributed by atoms with Crippen molar-refractivity contribution in [1.82, 2.24) is 0 Å². The number of phenols is 4. The topological polar surface area (TPSA) is 99.4 Å². The molecule has 0 heterocycles. The molecule has 4 aromatic carbocycles. The summed E-state index contributed by atoms with van der Waals surface area (Å²) in [6.45, 7) is 8.13. The fourth-order valence-corrected chi connectivity index (χ4v) is 7.15. The Kier molecular flexibility index (Phi) is 8.24. The maximum absolute atomic E-state index is 12.2. The van der Waals surface area contributed by atoms with Crippen LogP contribution in [0.15, 0.2) is 59.7 Å². The maximum Gasteiger partial charge on any atom is 0.135 e. The number of hydrogen-bond donors (Lipinski definition) is 4. The van der Waals surface area contributed by atoms with Crippen molar-refractivity contribution in [1.29, 1.82) is 0 Å². The summed E-state index contributed by atoms with van der Waals surface area (Å²) in [5.41, 5.74) is 11.8. The van der Waals surface area contributed by atoms with Gasteiger partial charge in [-0.3, -0.25) is 0 Å². The number of ether oxygens (including phenoxy) is 2. The molecule has 0 radical (unpaired) electrons. The molecule has 0 bridgehead atoms. The normalized spacial score (nSPS) is 12.7. The van der Waals surface area contributed by atoms with E-state index in [0.717, 1.165) is 56.5 Å². The fraction of sp³-hybridized carbons (Fsp3) is 0.300. The van der Waals surface area contributed by atoms with E-state index in [0.29, 0.717) is 65.9 Å². The second-order valence-electron chi connectivity index (χ2n) is 12.9. The highest BCUT2D eigenvalue weighted by atomic mass is 16.5. The molecule has 0 atom stereocenters. The maximum atomic E-state index is 12.2. The van der Waals surface area contributed by atoms with E-state index in [1.54, 1.807) is 26.4 Å². The van der Waals surface area contributed by atoms with Crippen LogP contribution in [0.5, 0.6) is 34.5 Å². The molecule has 6 heteroatoms. The van der Waals surface area contributed by atoms with Crippen molar-refractivity contribution in [3.63, 3.8) is 0 Å². The van der Waals surface area contributed by atoms with E-state index >= 15 is 0 Å². The van der Waals surface area contributed by atoms with Crippen LogP contribution in [0, 0.1) is 0 Å². The number of aryl methyl sites for hydroxylation is 2. The van der Waals surface area contributed by atoms with E-state index in [2.05, 4.69) is 12.2 Å². The van der Waals surface area contributed by atoms with Crippen LogP contribution in [0.4, 0.5) is 0 Å². The van der Waals surface area contributed by atoms with Crippen molar-refractivity contribution in [2.45, 2.75) is 66.2 Å². The van der Waals surface area contributed by atoms with Gasteiger partial charge in [0.25, 0.3) is 0 Å². The second-order valence-corrected chi connectivity index (χ2v) is 12.9. The van der Waals surface area contributed by atoms with Crippen LogP contribution >= 0.6 is 0 Å². The summed E-state index contributed by atoms with van der Waals surface area (Å²) in [6.07, 6.45) is 8.07. The zero-order valence-corrected chi connectivity index (χ0v) is 27.5. The highest BCUT2D eigenvalue weighted by Gasteiger charge is 2.32. The van der Waals surface area contributed by atoms with Gasteiger partial charge in [-0.2, -0.15) is 0 Å². The lowest BCUT2D eigenvalue weighted by molar-refractivity contribution is 0.407. The summed E-state index contributed by atoms with van der Waals surface area (Å²) < 4.78 is 11.4. The first kappa shape index (κ1) is 31.2. The van der Waals surface area contributed by atoms with Gasteiger partial charge in [-0.15, -0.1) is 0 Å². The first-order chi connectivity index (χ1) is 22.0. The number of aromatic hydroxyl groups is 4. The molecule has 4 aromatic rings. The lowest BCUT2D eigenvalue weighted by Gasteiger charge is -2.28. The molecule has 2 aliphatic carbocycles. The van der Waals surface area contributed by atoms with E-state index in [9.17, 15) is 20.4 Å². The molecular weight excluding hydrogens is 576 g/mol. The number of hydrogen-bond acceptors (Lipinski definition) is 6. The molecule has 0 saturated heterocycles. The number of allylic oxidation sites excluding steroid dienone is 4. The number of fused-ring (bicyclic) bond motifs is 6. The van der Waals surface area contributed by atoms with Gasteiger partial charge < -0.3 is 29.9 Å². The van der Waals surface area contributed by atoms with Gasteiger partial charge in [0.2, 0.25) is 0 Å². The molecule has 0 aliphatic heterocycles. The minimum atomic E-state index is 0.0209. The average molecular weight is 619 g/mol. The third-order valence-electron chi connectivity index (χ3n) is 9.43. The highest BCUT2D eigenvalue weighted by Crippen LogP contribution is 2.55. The molecule has 0 amide bonds. The Morgan fingerprint density at radius 2 is 1.24 bits per heavy atom. The smallest absolute Gasteiger partial charge is 0.135 e. The molecule has 0 spiro atoms. The van der Waals surface area contributed by atoms with E-state index in [-0.39, 0.29) is 23.0 Å². The minimum Gasteiger partial charge on any atom is -0.508 e. The zero-order chi connectivity index (χ0) is 32.9. The van der Waals surface area contributed by atoms with Gasteiger partial charge in [0.15, 0.2) is 0 Å². The Balaban J connectivity index is 1.64. The number of benzene rings is 4. The van der Waals surface area contributed by atoms with Crippen LogP contribution in [0.3, 0.4) is 0 Å². The number of rotatable bonds is 7. The summed E-state index contributed by atoms with van der Waals surface area (Å²) in [4.78, 5) is 0. The SMILES string of the molecule is COc1cc(O)c2c(c1)CCc1c-2cc(-c2c(OC)cc3c(c2O)-c2ccc(O)c(CC=C(C)C)c2CC3)c(O)c1CC=C(C)C. The van der Waals surface area contributed by atoms with Crippen molar-refractivity contribution in [3.8, 4) is 67.9 Å². The van der Waals surface area contributed by atoms with E-state index in [1.807, 2.05) is 52.0 Å². The monoisotopic (exact) mass is 618 g/mol. The molecule has 46 heavy (non-hydrogen) atoms. The molecule has 0 unspecified atom stereocenters. The van der Waals surface area contributed by atoms with Crippen molar-refractivity contribution in [2.75, 3.05) is 14.2 Å². The van der Waals surface area contributed by atoms with Crippen molar-refractivity contribution in [2.24, 2.45) is 0 Å². The molecule has 0 saturated carbocycles. The van der Waals surface area contributed by atoms with Crippen LogP contribution in [-0.2, 0) is 38.5 Å². The molecule has 238 valence electrons. The van der Waals surface area contributed by atoms with Crippen molar-refractivity contribution in [3.05, 3.63) is 93.1 Å². The average Bonchev–Trinajstić information content (AvgIpc) is 3.02. The quantitative estimate of drug-likeness (QED) is 0.155. The number of phenolic OH excluding ortho intramolecular Hbond substituents is 4. The molecule has 6 rings (SSSR count). The predicted molar refractivity (Wildman–Crippen MR) is 184 cm³/mol. The zero-order valence-electron chi connectivity index (χ0n) is 27.5. The van der Waals surface area contributed by atoms with Crippen LogP contribution in [0.2, 0.25) is 0 Å². The van der Waals surface area contributed by atoms with Gasteiger partial charge in [-0.25, -0.2) is 0 Å². The van der Waals surface area contributed by atoms with Gasteiger partial charge in [0.1, 0.15) is 34.5 Å². The van der Waals surface area contributed by atoms with E-state index in [1.165, 1.54) is 5.57 Å². The lowest BCUT2D eigenvalue weighted by Crippen LogP contribution is -2.10. The molecule has 0 fully saturated rings. The van der Waals surface area contributed by atoms with Gasteiger partial charge in [0.05, 0.1) is 19.8 Å². The van der Waals surface area contributed by atoms with E-state index in [4.69, 9.17) is 9.47 Å². The molecule has 4 N–H and O–H groups in total. The standard InChI is InChI=1S/C40H42O6/c1-21(2)7-11-28-26-13-10-24-18-35(46-6)38(40(44)37(24)29(26)15-16-33(28)41)32-20-31-27(30(39(32)43)12-8-22(3)4)14-9-23-17-25(45-5)19-34(42)36(23)31/h7-8,15-20,41-44H,9-14H2,1-6H3. The molecule has 6 nitrogen and oxygen atoms in total. The van der Waals surface area contributed by atoms with Gasteiger partial charge in [-0.1, -0.05) is 29.4 Å². The van der Waals surface area contributed by atoms with Crippen LogP contribution < -0.4 is 9.47 Å². The lowest BCUT2D eigenvalue weighted by atomic mass is 9.77. The Labute approximate surface area is 270 Å². The Morgan fingerprint density at radius 1 is 0.609 bits per heavy atom. The summed E-state index contributed by atoms with van der Waals surface area (Å²) in [5, 5.41) is 46.4. The van der Waals surface area contributed by atoms with Crippen molar-refractivity contribution < 1.29 is 29.9 Å². The molecule has 0 aromatic heterocycles. The summed E-state index contributed by atoms with van der Waals surface area (Å²) in [6, 6.07) is 11.0. The predicted octanol–water partition coefficient (Wildman–Crippen LogP) is 8.74. The van der Waals surface area contributed by atoms with Gasteiger partial charge in [-0.05, 0) is 124 Å². The summed E-state index contributed by atoms with van der Waals surface area (Å²) >= 11 is 0. The molecule has 2 aliphatic rings. The third kappa shape index (κ3) is 5.26. The Hall–Kier alpha value is -4.84. The summed E-state index contributed by atoms with van der Waals surface area (Å²) in [5.74, 6) is 1.52. The van der Waals surface area contributed by atoms with E-state index < -0.39 is 0 Å². The largest absolute Gasteiger partial charge is 0.508 e. The Morgan fingerprint density at radius 3 is 1.87 bits per heavy atom. The van der Waals surface area contributed by atoms with Crippen LogP contribution in [0.1, 0.15) is 61.1 Å². The molecular formula is C40H42O6. The highest BCUT2D eigenvalue weighted by molar-refractivity contribution is 5.95. The Bertz CT molecular complexity index is 1940. The van der Waals surface area contributed by atoms with Gasteiger partial charge in [0, 0.05) is 33.9 Å². The van der Waals surface area contributed by atoms with Crippen LogP contribution in [-0.4, -0.2) is 34.6 Å². The number of methoxy groups -OCH3 is 2. The summed E-state index contributed by atoms with van der Waals surface area (Å²) in [7, 11) is 3.16. The first-order valence-corrected chi connectivity index (χ1v) is 15.9.